The van der Waals surface area contributed by atoms with Crippen LogP contribution in [0.5, 0.6) is 5.75 Å². The number of hydrogen-bond acceptors (Lipinski definition) is 4. The zero-order valence-corrected chi connectivity index (χ0v) is 19.2. The monoisotopic (exact) mass is 486 g/mol. The number of hydrogen-bond donors (Lipinski definition) is 1. The van der Waals surface area contributed by atoms with Crippen LogP contribution in [0.15, 0.2) is 53.0 Å². The largest absolute Gasteiger partial charge is 0.497 e. The van der Waals surface area contributed by atoms with Gasteiger partial charge in [-0.2, -0.15) is 0 Å². The van der Waals surface area contributed by atoms with Gasteiger partial charge in [0.1, 0.15) is 5.75 Å². The highest BCUT2D eigenvalue weighted by Gasteiger charge is 2.38. The van der Waals surface area contributed by atoms with Crippen LogP contribution in [0, 0.1) is 5.92 Å². The van der Waals surface area contributed by atoms with Crippen molar-refractivity contribution in [2.45, 2.75) is 24.7 Å². The van der Waals surface area contributed by atoms with Crippen LogP contribution in [0.1, 0.15) is 24.8 Å². The molecular weight excluding hydrogens is 460 g/mol. The zero-order valence-electron chi connectivity index (χ0n) is 17.6. The molecule has 2 aliphatic rings. The maximum atomic E-state index is 13.0. The molecule has 1 N–H and O–H groups in total. The molecule has 1 atom stereocenters. The lowest BCUT2D eigenvalue weighted by Gasteiger charge is -2.38. The third kappa shape index (κ3) is 4.77. The minimum Gasteiger partial charge on any atom is -0.497 e. The molecule has 0 bridgehead atoms. The van der Waals surface area contributed by atoms with Crippen LogP contribution in [-0.2, 0) is 19.7 Å². The van der Waals surface area contributed by atoms with Gasteiger partial charge in [-0.3, -0.25) is 9.59 Å². The van der Waals surface area contributed by atoms with Gasteiger partial charge in [0, 0.05) is 54.4 Å². The van der Waals surface area contributed by atoms with E-state index < -0.39 is 0 Å². The Morgan fingerprint density at radius 3 is 2.74 bits per heavy atom. The first kappa shape index (κ1) is 21.8. The quantitative estimate of drug-likeness (QED) is 0.676. The van der Waals surface area contributed by atoms with Crippen LogP contribution < -0.4 is 15.0 Å². The molecule has 0 spiro atoms. The Balaban J connectivity index is 1.44. The lowest BCUT2D eigenvalue weighted by atomic mass is 9.74. The van der Waals surface area contributed by atoms with E-state index in [0.29, 0.717) is 32.1 Å². The molecule has 0 aromatic heterocycles. The smallest absolute Gasteiger partial charge is 0.227 e. The molecule has 31 heavy (non-hydrogen) atoms. The highest BCUT2D eigenvalue weighted by Crippen LogP contribution is 2.36. The predicted molar refractivity (Wildman–Crippen MR) is 122 cm³/mol. The topological polar surface area (TPSA) is 67.9 Å². The molecule has 2 heterocycles. The van der Waals surface area contributed by atoms with Crippen LogP contribution in [0.2, 0.25) is 0 Å². The number of halogens is 1. The third-order valence-corrected chi connectivity index (χ3v) is 6.84. The van der Waals surface area contributed by atoms with E-state index in [1.54, 1.807) is 12.0 Å². The highest BCUT2D eigenvalue weighted by atomic mass is 79.9. The number of ether oxygens (including phenoxy) is 2. The minimum absolute atomic E-state index is 0.0406. The van der Waals surface area contributed by atoms with E-state index >= 15 is 0 Å². The fraction of sp³-hybridized carbons (Fsp3) is 0.417. The highest BCUT2D eigenvalue weighted by molar-refractivity contribution is 9.10. The van der Waals surface area contributed by atoms with Gasteiger partial charge in [-0.15, -0.1) is 0 Å². The molecule has 1 unspecified atom stereocenters. The lowest BCUT2D eigenvalue weighted by molar-refractivity contribution is -0.126. The summed E-state index contributed by atoms with van der Waals surface area (Å²) in [6.07, 6.45) is 1.92. The summed E-state index contributed by atoms with van der Waals surface area (Å²) in [5.74, 6) is 0.215. The molecule has 0 aliphatic carbocycles. The van der Waals surface area contributed by atoms with Gasteiger partial charge in [0.25, 0.3) is 0 Å². The molecule has 2 aliphatic heterocycles. The Bertz CT molecular complexity index is 958. The van der Waals surface area contributed by atoms with Crippen molar-refractivity contribution in [1.29, 1.82) is 0 Å². The second kappa shape index (κ2) is 9.40. The maximum Gasteiger partial charge on any atom is 0.227 e. The van der Waals surface area contributed by atoms with E-state index in [2.05, 4.69) is 33.4 Å². The SMILES string of the molecule is COc1cccc(N2CC(C(=O)NCC3(c4cccc(Br)c4)CCOCC3)CC2=O)c1. The first-order valence-corrected chi connectivity index (χ1v) is 11.4. The summed E-state index contributed by atoms with van der Waals surface area (Å²) in [7, 11) is 1.60. The predicted octanol–water partition coefficient (Wildman–Crippen LogP) is 3.68. The Kier molecular flexibility index (Phi) is 6.62. The number of benzene rings is 2. The fourth-order valence-corrected chi connectivity index (χ4v) is 4.86. The van der Waals surface area contributed by atoms with Crippen LogP contribution in [0.25, 0.3) is 0 Å². The normalized spacial score (nSPS) is 20.5. The van der Waals surface area contributed by atoms with Crippen molar-refractivity contribution in [1.82, 2.24) is 5.32 Å². The summed E-state index contributed by atoms with van der Waals surface area (Å²) in [6, 6.07) is 15.7. The standard InChI is InChI=1S/C24H27BrN2O4/c1-30-21-7-3-6-20(14-21)27-15-17(12-22(27)28)23(29)26-16-24(8-10-31-11-9-24)18-4-2-5-19(25)13-18/h2-7,13-14,17H,8-12,15-16H2,1H3,(H,26,29). The van der Waals surface area contributed by atoms with Gasteiger partial charge in [-0.1, -0.05) is 34.1 Å². The summed E-state index contributed by atoms with van der Waals surface area (Å²) in [5.41, 5.74) is 1.80. The van der Waals surface area contributed by atoms with E-state index in [1.807, 2.05) is 36.4 Å². The number of carbonyl (C=O) groups is 2. The van der Waals surface area contributed by atoms with Crippen LogP contribution in [-0.4, -0.2) is 45.2 Å². The summed E-state index contributed by atoms with van der Waals surface area (Å²) >= 11 is 3.56. The van der Waals surface area contributed by atoms with E-state index in [9.17, 15) is 9.59 Å². The first-order chi connectivity index (χ1) is 15.0. The number of methoxy groups -OCH3 is 1. The maximum absolute atomic E-state index is 13.0. The van der Waals surface area contributed by atoms with Gasteiger partial charge in [0.2, 0.25) is 11.8 Å². The molecule has 2 aromatic carbocycles. The van der Waals surface area contributed by atoms with Crippen molar-refractivity contribution in [3.05, 3.63) is 58.6 Å². The van der Waals surface area contributed by atoms with E-state index in [1.165, 1.54) is 5.56 Å². The first-order valence-electron chi connectivity index (χ1n) is 10.6. The molecule has 0 radical (unpaired) electrons. The van der Waals surface area contributed by atoms with Crippen molar-refractivity contribution in [3.8, 4) is 5.75 Å². The molecule has 7 heteroatoms. The van der Waals surface area contributed by atoms with E-state index in [0.717, 1.165) is 23.0 Å². The summed E-state index contributed by atoms with van der Waals surface area (Å²) in [4.78, 5) is 27.3. The Morgan fingerprint density at radius 1 is 1.23 bits per heavy atom. The molecule has 2 amide bonds. The number of amides is 2. The molecule has 2 saturated heterocycles. The minimum atomic E-state index is -0.363. The van der Waals surface area contributed by atoms with Crippen molar-refractivity contribution in [2.24, 2.45) is 5.92 Å². The Hall–Kier alpha value is -2.38. The van der Waals surface area contributed by atoms with Crippen molar-refractivity contribution >= 4 is 33.4 Å². The molecule has 2 aromatic rings. The van der Waals surface area contributed by atoms with E-state index in [-0.39, 0.29) is 29.6 Å². The Morgan fingerprint density at radius 2 is 2.00 bits per heavy atom. The zero-order chi connectivity index (χ0) is 21.8. The molecular formula is C24H27BrN2O4. The van der Waals surface area contributed by atoms with Gasteiger partial charge in [-0.25, -0.2) is 0 Å². The Labute approximate surface area is 191 Å². The lowest BCUT2D eigenvalue weighted by Crippen LogP contribution is -2.46. The van der Waals surface area contributed by atoms with Crippen molar-refractivity contribution in [2.75, 3.05) is 38.3 Å². The van der Waals surface area contributed by atoms with Crippen LogP contribution >= 0.6 is 15.9 Å². The van der Waals surface area contributed by atoms with Gasteiger partial charge in [0.15, 0.2) is 0 Å². The molecule has 164 valence electrons. The van der Waals surface area contributed by atoms with E-state index in [4.69, 9.17) is 9.47 Å². The molecule has 2 fully saturated rings. The van der Waals surface area contributed by atoms with Gasteiger partial charge < -0.3 is 19.7 Å². The van der Waals surface area contributed by atoms with Crippen LogP contribution in [0.4, 0.5) is 5.69 Å². The number of carbonyl (C=O) groups excluding carboxylic acids is 2. The van der Waals surface area contributed by atoms with Gasteiger partial charge in [-0.05, 0) is 42.7 Å². The molecule has 4 rings (SSSR count). The molecule has 6 nitrogen and oxygen atoms in total. The molecule has 0 saturated carbocycles. The summed E-state index contributed by atoms with van der Waals surface area (Å²) < 4.78 is 11.9. The summed E-state index contributed by atoms with van der Waals surface area (Å²) in [5, 5.41) is 3.15. The van der Waals surface area contributed by atoms with Crippen molar-refractivity contribution in [3.63, 3.8) is 0 Å². The average molecular weight is 487 g/mol. The van der Waals surface area contributed by atoms with Crippen molar-refractivity contribution < 1.29 is 19.1 Å². The van der Waals surface area contributed by atoms with Gasteiger partial charge >= 0.3 is 0 Å². The summed E-state index contributed by atoms with van der Waals surface area (Å²) in [6.45, 7) is 2.27. The second-order valence-electron chi connectivity index (χ2n) is 8.23. The van der Waals surface area contributed by atoms with Crippen LogP contribution in [0.3, 0.4) is 0 Å². The fourth-order valence-electron chi connectivity index (χ4n) is 4.46. The average Bonchev–Trinajstić information content (AvgIpc) is 3.20. The number of anilines is 1. The van der Waals surface area contributed by atoms with Gasteiger partial charge in [0.05, 0.1) is 13.0 Å². The third-order valence-electron chi connectivity index (χ3n) is 6.35. The number of rotatable bonds is 6. The number of nitrogens with zero attached hydrogens (tertiary/aromatic N) is 1. The second-order valence-corrected chi connectivity index (χ2v) is 9.14. The number of nitrogens with one attached hydrogen (secondary N) is 1.